The third kappa shape index (κ3) is 30.5. The maximum Gasteiger partial charge on any atom is 0.306 e. The zero-order valence-corrected chi connectivity index (χ0v) is 44.1. The maximum atomic E-state index is 13.0. The molecule has 416 valence electrons. The number of ether oxygens (including phenoxy) is 6. The van der Waals surface area contributed by atoms with Gasteiger partial charge in [0.2, 0.25) is 0 Å². The van der Waals surface area contributed by atoms with Crippen LogP contribution in [0, 0.1) is 0 Å². The molecule has 2 fully saturated rings. The highest BCUT2D eigenvalue weighted by molar-refractivity contribution is 5.70. The number of unbranched alkanes of at least 4 members (excludes halogenated alkanes) is 19. The second-order valence-corrected chi connectivity index (χ2v) is 19.4. The van der Waals surface area contributed by atoms with Crippen molar-refractivity contribution in [2.75, 3.05) is 26.4 Å². The van der Waals surface area contributed by atoms with Crippen molar-refractivity contribution in [2.45, 2.75) is 261 Å². The Labute approximate surface area is 432 Å². The molecule has 2 saturated heterocycles. The summed E-state index contributed by atoms with van der Waals surface area (Å²) < 4.78 is 33.6. The smallest absolute Gasteiger partial charge is 0.306 e. The molecule has 4 unspecified atom stereocenters. The molecule has 0 saturated carbocycles. The van der Waals surface area contributed by atoms with E-state index in [1.807, 2.05) is 0 Å². The van der Waals surface area contributed by atoms with Crippen molar-refractivity contribution in [2.24, 2.45) is 0 Å². The highest BCUT2D eigenvalue weighted by Gasteiger charge is 2.47. The number of aliphatic hydroxyl groups is 7. The van der Waals surface area contributed by atoms with Gasteiger partial charge in [-0.3, -0.25) is 9.59 Å². The van der Waals surface area contributed by atoms with Gasteiger partial charge in [0.25, 0.3) is 0 Å². The van der Waals surface area contributed by atoms with Gasteiger partial charge in [0.15, 0.2) is 18.7 Å². The molecule has 0 aliphatic carbocycles. The van der Waals surface area contributed by atoms with Gasteiger partial charge in [-0.25, -0.2) is 0 Å². The summed E-state index contributed by atoms with van der Waals surface area (Å²) in [5, 5.41) is 72.2. The third-order valence-corrected chi connectivity index (χ3v) is 13.0. The number of rotatable bonds is 43. The number of aliphatic hydroxyl groups excluding tert-OH is 7. The molecule has 72 heavy (non-hydrogen) atoms. The Morgan fingerprint density at radius 2 is 0.833 bits per heavy atom. The van der Waals surface area contributed by atoms with Crippen LogP contribution in [-0.4, -0.2) is 142 Å². The number of hydrogen-bond donors (Lipinski definition) is 7. The fraction of sp³-hybridized carbons (Fsp3) is 0.789. The van der Waals surface area contributed by atoms with Crippen molar-refractivity contribution in [1.82, 2.24) is 0 Å². The lowest BCUT2D eigenvalue weighted by atomic mass is 9.98. The van der Waals surface area contributed by atoms with E-state index < -0.39 is 99.3 Å². The van der Waals surface area contributed by atoms with Crippen LogP contribution in [0.5, 0.6) is 0 Å². The lowest BCUT2D eigenvalue weighted by Gasteiger charge is -2.42. The molecule has 0 aromatic carbocycles. The SMILES string of the molecule is CCCCC/C=C/C/C=C/C/C=C/CCCCCCC(=O)O[C@@H](COC(=O)CCCCCCCCCCC/C=C/C/C=C/CCCCC)CO[C@@H]1O[C@H](CO[C@@H]2O[C@H](CO)[C@H](O)C(O)C2O)[C@H](O)C(O)C1O. The molecule has 11 atom stereocenters. The lowest BCUT2D eigenvalue weighted by Crippen LogP contribution is -2.61. The monoisotopic (exact) mass is 1020 g/mol. The second kappa shape index (κ2) is 43.4. The van der Waals surface area contributed by atoms with E-state index in [0.717, 1.165) is 77.0 Å². The number of esters is 2. The normalized spacial score (nSPS) is 25.5. The van der Waals surface area contributed by atoms with Gasteiger partial charge in [-0.05, 0) is 83.5 Å². The van der Waals surface area contributed by atoms with Crippen molar-refractivity contribution in [3.8, 4) is 0 Å². The van der Waals surface area contributed by atoms with Gasteiger partial charge >= 0.3 is 11.9 Å². The molecule has 0 amide bonds. The van der Waals surface area contributed by atoms with Gasteiger partial charge < -0.3 is 64.2 Å². The number of carbonyl (C=O) groups excluding carboxylic acids is 2. The van der Waals surface area contributed by atoms with E-state index in [4.69, 9.17) is 28.4 Å². The molecule has 2 heterocycles. The Bertz CT molecular complexity index is 1480. The molecule has 0 bridgehead atoms. The first-order valence-corrected chi connectivity index (χ1v) is 27.9. The van der Waals surface area contributed by atoms with Gasteiger partial charge in [-0.2, -0.15) is 0 Å². The molecule has 0 aromatic rings. The van der Waals surface area contributed by atoms with E-state index >= 15 is 0 Å². The minimum atomic E-state index is -1.77. The summed E-state index contributed by atoms with van der Waals surface area (Å²) in [7, 11) is 0. The quantitative estimate of drug-likeness (QED) is 0.0172. The van der Waals surface area contributed by atoms with Gasteiger partial charge in [0.05, 0.1) is 19.8 Å². The maximum absolute atomic E-state index is 13.0. The molecule has 2 aliphatic rings. The van der Waals surface area contributed by atoms with Crippen LogP contribution in [0.4, 0.5) is 0 Å². The Morgan fingerprint density at radius 1 is 0.444 bits per heavy atom. The standard InChI is InChI=1S/C57H98O15/c1-3-5-7-9-11-13-15-17-19-21-22-24-25-27-29-31-33-35-37-39-48(59)67-42-45(70-49(60)40-38-36-34-32-30-28-26-23-20-18-16-14-12-10-8-6-4-2)43-68-56-55(66)53(64)51(62)47(72-56)44-69-57-54(65)52(63)50(61)46(41-58)71-57/h11-14,17-20,26,28,45-47,50-58,61-66H,3-10,15-16,21-25,27,29-44H2,1-2H3/b13-11+,14-12+,19-17+,20-18+,28-26+/t45-,46+,47+,50-,51-,52?,53?,54?,55?,56+,57+/m0/s1. The van der Waals surface area contributed by atoms with Crippen LogP contribution in [0.2, 0.25) is 0 Å². The van der Waals surface area contributed by atoms with Crippen LogP contribution in [0.25, 0.3) is 0 Å². The second-order valence-electron chi connectivity index (χ2n) is 19.4. The number of allylic oxidation sites excluding steroid dienone is 10. The van der Waals surface area contributed by atoms with E-state index in [9.17, 15) is 45.3 Å². The molecule has 0 aromatic heterocycles. The van der Waals surface area contributed by atoms with Crippen molar-refractivity contribution >= 4 is 11.9 Å². The molecular weight excluding hydrogens is 925 g/mol. The average Bonchev–Trinajstić information content (AvgIpc) is 3.37. The number of hydrogen-bond acceptors (Lipinski definition) is 15. The zero-order chi connectivity index (χ0) is 52.4. The Hall–Kier alpha value is -2.80. The van der Waals surface area contributed by atoms with E-state index in [1.54, 1.807) is 0 Å². The van der Waals surface area contributed by atoms with Crippen LogP contribution in [-0.2, 0) is 38.0 Å². The van der Waals surface area contributed by atoms with Gasteiger partial charge in [0, 0.05) is 12.8 Å². The highest BCUT2D eigenvalue weighted by Crippen LogP contribution is 2.26. The first-order chi connectivity index (χ1) is 35.0. The van der Waals surface area contributed by atoms with E-state index in [1.165, 1.54) is 77.0 Å². The topological polar surface area (TPSA) is 231 Å². The minimum absolute atomic E-state index is 0.137. The van der Waals surface area contributed by atoms with Crippen molar-refractivity contribution in [3.05, 3.63) is 60.8 Å². The minimum Gasteiger partial charge on any atom is -0.462 e. The molecule has 7 N–H and O–H groups in total. The Kier molecular flexibility index (Phi) is 39.4. The first-order valence-electron chi connectivity index (χ1n) is 27.9. The Balaban J connectivity index is 1.79. The van der Waals surface area contributed by atoms with Crippen molar-refractivity contribution < 1.29 is 73.8 Å². The van der Waals surface area contributed by atoms with Crippen LogP contribution < -0.4 is 0 Å². The van der Waals surface area contributed by atoms with Gasteiger partial charge in [-0.1, -0.05) is 158 Å². The molecule has 0 radical (unpaired) electrons. The van der Waals surface area contributed by atoms with E-state index in [-0.39, 0.29) is 19.4 Å². The summed E-state index contributed by atoms with van der Waals surface area (Å²) in [6.07, 6.45) is 33.8. The lowest BCUT2D eigenvalue weighted by molar-refractivity contribution is -0.332. The fourth-order valence-corrected chi connectivity index (χ4v) is 8.37. The molecular formula is C57H98O15. The summed E-state index contributed by atoms with van der Waals surface area (Å²) in [6.45, 7) is 2.52. The number of carbonyl (C=O) groups is 2. The highest BCUT2D eigenvalue weighted by atomic mass is 16.7. The predicted molar refractivity (Wildman–Crippen MR) is 280 cm³/mol. The van der Waals surface area contributed by atoms with Crippen molar-refractivity contribution in [1.29, 1.82) is 0 Å². The van der Waals surface area contributed by atoms with Crippen LogP contribution in [0.1, 0.15) is 194 Å². The Morgan fingerprint density at radius 3 is 1.31 bits per heavy atom. The average molecular weight is 1020 g/mol. The molecule has 2 aliphatic heterocycles. The summed E-state index contributed by atoms with van der Waals surface area (Å²) in [6, 6.07) is 0. The van der Waals surface area contributed by atoms with Crippen LogP contribution >= 0.6 is 0 Å². The zero-order valence-electron chi connectivity index (χ0n) is 44.1. The summed E-state index contributed by atoms with van der Waals surface area (Å²) in [5.74, 6) is -0.955. The molecule has 2 rings (SSSR count). The fourth-order valence-electron chi connectivity index (χ4n) is 8.37. The molecule has 15 nitrogen and oxygen atoms in total. The first kappa shape index (κ1) is 65.3. The van der Waals surface area contributed by atoms with Gasteiger partial charge in [0.1, 0.15) is 55.4 Å². The molecule has 0 spiro atoms. The van der Waals surface area contributed by atoms with Crippen LogP contribution in [0.15, 0.2) is 60.8 Å². The van der Waals surface area contributed by atoms with Crippen molar-refractivity contribution in [3.63, 3.8) is 0 Å². The summed E-state index contributed by atoms with van der Waals surface area (Å²) >= 11 is 0. The van der Waals surface area contributed by atoms with Gasteiger partial charge in [-0.15, -0.1) is 0 Å². The third-order valence-electron chi connectivity index (χ3n) is 13.0. The predicted octanol–water partition coefficient (Wildman–Crippen LogP) is 8.83. The van der Waals surface area contributed by atoms with E-state index in [0.29, 0.717) is 12.8 Å². The molecule has 15 heteroatoms. The largest absolute Gasteiger partial charge is 0.462 e. The summed E-state index contributed by atoms with van der Waals surface area (Å²) in [5.41, 5.74) is 0. The van der Waals surface area contributed by atoms with Crippen LogP contribution in [0.3, 0.4) is 0 Å². The van der Waals surface area contributed by atoms with E-state index in [2.05, 4.69) is 74.6 Å². The summed E-state index contributed by atoms with van der Waals surface area (Å²) in [4.78, 5) is 25.8.